The van der Waals surface area contributed by atoms with Crippen LogP contribution in [0, 0.1) is 0 Å². The number of carbonyl (C=O) groups is 1. The van der Waals surface area contributed by atoms with Crippen molar-refractivity contribution in [3.8, 4) is 5.75 Å². The van der Waals surface area contributed by atoms with Crippen LogP contribution < -0.4 is 4.74 Å². The molecular weight excluding hydrogens is 412 g/mol. The molecular formula is C28H30N2O3. The molecule has 4 aromatic rings. The van der Waals surface area contributed by atoms with Crippen molar-refractivity contribution >= 4 is 17.0 Å². The molecule has 170 valence electrons. The molecule has 1 heterocycles. The maximum Gasteiger partial charge on any atom is 0.339 e. The van der Waals surface area contributed by atoms with Gasteiger partial charge in [-0.15, -0.1) is 0 Å². The Balaban J connectivity index is 1.70. The van der Waals surface area contributed by atoms with Gasteiger partial charge < -0.3 is 14.4 Å². The normalized spacial score (nSPS) is 11.6. The first kappa shape index (κ1) is 22.6. The van der Waals surface area contributed by atoms with E-state index in [1.807, 2.05) is 37.3 Å². The van der Waals surface area contributed by atoms with Crippen LogP contribution >= 0.6 is 0 Å². The smallest absolute Gasteiger partial charge is 0.339 e. The summed E-state index contributed by atoms with van der Waals surface area (Å²) in [5.41, 5.74) is 5.81. The molecule has 1 N–H and O–H groups in total. The zero-order valence-corrected chi connectivity index (χ0v) is 19.6. The van der Waals surface area contributed by atoms with Crippen molar-refractivity contribution in [1.82, 2.24) is 9.55 Å². The van der Waals surface area contributed by atoms with E-state index >= 15 is 0 Å². The summed E-state index contributed by atoms with van der Waals surface area (Å²) in [5.74, 6) is 0.334. The molecule has 0 atom stereocenters. The Hall–Kier alpha value is -3.60. The monoisotopic (exact) mass is 442 g/mol. The molecule has 0 amide bonds. The van der Waals surface area contributed by atoms with Crippen LogP contribution in [0.5, 0.6) is 5.75 Å². The third-order valence-electron chi connectivity index (χ3n) is 5.83. The van der Waals surface area contributed by atoms with Crippen LogP contribution in [0.3, 0.4) is 0 Å². The summed E-state index contributed by atoms with van der Waals surface area (Å²) in [7, 11) is 0. The Kier molecular flexibility index (Phi) is 6.23. The van der Waals surface area contributed by atoms with Crippen molar-refractivity contribution in [2.45, 2.75) is 46.1 Å². The number of ether oxygens (including phenoxy) is 1. The third-order valence-corrected chi connectivity index (χ3v) is 5.83. The van der Waals surface area contributed by atoms with E-state index in [0.717, 1.165) is 22.4 Å². The van der Waals surface area contributed by atoms with Crippen LogP contribution in [0.2, 0.25) is 0 Å². The molecule has 3 aromatic carbocycles. The summed E-state index contributed by atoms with van der Waals surface area (Å²) in [6.07, 6.45) is 0.578. The predicted molar refractivity (Wildman–Crippen MR) is 131 cm³/mol. The average molecular weight is 443 g/mol. The standard InChI is InChI=1S/C28H30N2O3/c1-5-33-25-16-20(12-15-22(25)27(31)32)17-26-29-23-8-6-7-9-24(23)30(26)18-19-10-13-21(14-11-19)28(2,3)4/h6-16H,5,17-18H2,1-4H3,(H,31,32). The average Bonchev–Trinajstić information content (AvgIpc) is 3.10. The number of benzene rings is 3. The second-order valence-corrected chi connectivity index (χ2v) is 9.30. The van der Waals surface area contributed by atoms with Gasteiger partial charge in [-0.05, 0) is 53.3 Å². The number of rotatable bonds is 7. The quantitative estimate of drug-likeness (QED) is 0.377. The minimum atomic E-state index is -0.990. The molecule has 0 aliphatic rings. The maximum absolute atomic E-state index is 11.5. The van der Waals surface area contributed by atoms with Crippen molar-refractivity contribution in [2.75, 3.05) is 6.61 Å². The topological polar surface area (TPSA) is 64.4 Å². The third kappa shape index (κ3) is 4.92. The van der Waals surface area contributed by atoms with Crippen molar-refractivity contribution in [1.29, 1.82) is 0 Å². The Morgan fingerprint density at radius 1 is 1.00 bits per heavy atom. The summed E-state index contributed by atoms with van der Waals surface area (Å²) in [4.78, 5) is 16.4. The van der Waals surface area contributed by atoms with E-state index in [2.05, 4.69) is 55.7 Å². The molecule has 33 heavy (non-hydrogen) atoms. The molecule has 0 spiro atoms. The second-order valence-electron chi connectivity index (χ2n) is 9.30. The molecule has 4 rings (SSSR count). The number of hydrogen-bond acceptors (Lipinski definition) is 3. The van der Waals surface area contributed by atoms with Gasteiger partial charge in [0.05, 0.1) is 17.6 Å². The number of nitrogens with zero attached hydrogens (tertiary/aromatic N) is 2. The van der Waals surface area contributed by atoms with Gasteiger partial charge in [0.25, 0.3) is 0 Å². The first-order valence-corrected chi connectivity index (χ1v) is 11.3. The lowest BCUT2D eigenvalue weighted by Gasteiger charge is -2.19. The van der Waals surface area contributed by atoms with Gasteiger partial charge in [0.15, 0.2) is 0 Å². The van der Waals surface area contributed by atoms with E-state index < -0.39 is 5.97 Å². The number of fused-ring (bicyclic) bond motifs is 1. The van der Waals surface area contributed by atoms with Gasteiger partial charge in [-0.25, -0.2) is 9.78 Å². The van der Waals surface area contributed by atoms with Gasteiger partial charge in [0, 0.05) is 13.0 Å². The largest absolute Gasteiger partial charge is 0.493 e. The van der Waals surface area contributed by atoms with Crippen molar-refractivity contribution in [3.05, 3.63) is 94.8 Å². The Morgan fingerprint density at radius 3 is 2.36 bits per heavy atom. The number of hydrogen-bond donors (Lipinski definition) is 1. The molecule has 0 bridgehead atoms. The maximum atomic E-state index is 11.5. The van der Waals surface area contributed by atoms with E-state index in [4.69, 9.17) is 9.72 Å². The molecule has 0 fully saturated rings. The van der Waals surface area contributed by atoms with E-state index in [1.165, 1.54) is 11.1 Å². The zero-order chi connectivity index (χ0) is 23.6. The fraction of sp³-hybridized carbons (Fsp3) is 0.286. The van der Waals surface area contributed by atoms with Crippen LogP contribution in [-0.4, -0.2) is 27.2 Å². The van der Waals surface area contributed by atoms with Gasteiger partial charge in [0.1, 0.15) is 17.1 Å². The van der Waals surface area contributed by atoms with Crippen molar-refractivity contribution in [2.24, 2.45) is 0 Å². The number of para-hydroxylation sites is 2. The molecule has 0 aliphatic carbocycles. The minimum Gasteiger partial charge on any atom is -0.493 e. The summed E-state index contributed by atoms with van der Waals surface area (Å²) >= 11 is 0. The highest BCUT2D eigenvalue weighted by Crippen LogP contribution is 2.26. The first-order valence-electron chi connectivity index (χ1n) is 11.3. The SMILES string of the molecule is CCOc1cc(Cc2nc3ccccc3n2Cc2ccc(C(C)(C)C)cc2)ccc1C(=O)O. The Bertz CT molecular complexity index is 1280. The first-order chi connectivity index (χ1) is 15.8. The molecule has 0 unspecified atom stereocenters. The lowest BCUT2D eigenvalue weighted by Crippen LogP contribution is -2.11. The Labute approximate surface area is 194 Å². The van der Waals surface area contributed by atoms with E-state index in [0.29, 0.717) is 25.3 Å². The second kappa shape index (κ2) is 9.10. The van der Waals surface area contributed by atoms with Gasteiger partial charge >= 0.3 is 5.97 Å². The van der Waals surface area contributed by atoms with Crippen LogP contribution in [0.4, 0.5) is 0 Å². The summed E-state index contributed by atoms with van der Waals surface area (Å²) < 4.78 is 7.83. The van der Waals surface area contributed by atoms with Crippen LogP contribution in [-0.2, 0) is 18.4 Å². The van der Waals surface area contributed by atoms with E-state index in [1.54, 1.807) is 6.07 Å². The lowest BCUT2D eigenvalue weighted by atomic mass is 9.87. The molecule has 5 nitrogen and oxygen atoms in total. The zero-order valence-electron chi connectivity index (χ0n) is 19.6. The van der Waals surface area contributed by atoms with E-state index in [9.17, 15) is 9.90 Å². The van der Waals surface area contributed by atoms with Crippen molar-refractivity contribution in [3.63, 3.8) is 0 Å². The van der Waals surface area contributed by atoms with Gasteiger partial charge in [-0.1, -0.05) is 63.2 Å². The van der Waals surface area contributed by atoms with Gasteiger partial charge in [-0.2, -0.15) is 0 Å². The summed E-state index contributed by atoms with van der Waals surface area (Å²) in [6.45, 7) is 9.63. The van der Waals surface area contributed by atoms with Gasteiger partial charge in [0.2, 0.25) is 0 Å². The van der Waals surface area contributed by atoms with E-state index in [-0.39, 0.29) is 11.0 Å². The fourth-order valence-corrected chi connectivity index (χ4v) is 4.04. The number of aromatic nitrogens is 2. The van der Waals surface area contributed by atoms with Crippen molar-refractivity contribution < 1.29 is 14.6 Å². The summed E-state index contributed by atoms with van der Waals surface area (Å²) in [6, 6.07) is 22.2. The summed E-state index contributed by atoms with van der Waals surface area (Å²) in [5, 5.41) is 9.45. The molecule has 0 saturated carbocycles. The highest BCUT2D eigenvalue weighted by Gasteiger charge is 2.16. The van der Waals surface area contributed by atoms with Crippen LogP contribution in [0.25, 0.3) is 11.0 Å². The van der Waals surface area contributed by atoms with Crippen LogP contribution in [0.1, 0.15) is 60.6 Å². The molecule has 0 saturated heterocycles. The number of aromatic carboxylic acids is 1. The number of carboxylic acid groups (broad SMARTS) is 1. The lowest BCUT2D eigenvalue weighted by molar-refractivity contribution is 0.0692. The van der Waals surface area contributed by atoms with Crippen LogP contribution in [0.15, 0.2) is 66.7 Å². The highest BCUT2D eigenvalue weighted by atomic mass is 16.5. The highest BCUT2D eigenvalue weighted by molar-refractivity contribution is 5.91. The molecule has 0 aliphatic heterocycles. The number of imidazole rings is 1. The Morgan fingerprint density at radius 2 is 1.70 bits per heavy atom. The number of carboxylic acids is 1. The fourth-order valence-electron chi connectivity index (χ4n) is 4.04. The molecule has 0 radical (unpaired) electrons. The van der Waals surface area contributed by atoms with Gasteiger partial charge in [-0.3, -0.25) is 0 Å². The predicted octanol–water partition coefficient (Wildman–Crippen LogP) is 6.07. The molecule has 5 heteroatoms. The molecule has 1 aromatic heterocycles. The minimum absolute atomic E-state index is 0.117.